The minimum atomic E-state index is -2.85. The van der Waals surface area contributed by atoms with Gasteiger partial charge in [-0.1, -0.05) is 13.5 Å². The lowest BCUT2D eigenvalue weighted by Gasteiger charge is -2.23. The number of esters is 1. The van der Waals surface area contributed by atoms with Crippen LogP contribution in [0.2, 0.25) is 12.6 Å². The van der Waals surface area contributed by atoms with Crippen molar-refractivity contribution in [1.29, 1.82) is 0 Å². The van der Waals surface area contributed by atoms with Crippen molar-refractivity contribution in [3.8, 4) is 0 Å². The van der Waals surface area contributed by atoms with E-state index in [0.29, 0.717) is 6.04 Å². The Labute approximate surface area is 101 Å². The van der Waals surface area contributed by atoms with Crippen LogP contribution in [0.5, 0.6) is 0 Å². The molecule has 0 aliphatic heterocycles. The molecule has 0 radical (unpaired) electrons. The van der Waals surface area contributed by atoms with Gasteiger partial charge in [-0.2, -0.15) is 0 Å². The van der Waals surface area contributed by atoms with Crippen LogP contribution in [0.25, 0.3) is 0 Å². The molecule has 0 amide bonds. The van der Waals surface area contributed by atoms with Gasteiger partial charge in [0, 0.05) is 25.6 Å². The van der Waals surface area contributed by atoms with Crippen LogP contribution in [0, 0.1) is 0 Å². The van der Waals surface area contributed by atoms with E-state index in [1.165, 1.54) is 6.92 Å². The Hall–Kier alpha value is -1.63. The zero-order valence-corrected chi connectivity index (χ0v) is 11.1. The second-order valence-corrected chi connectivity index (χ2v) is 6.75. The molecule has 1 atom stereocenters. The molecular weight excluding hydrogens is 244 g/mol. The van der Waals surface area contributed by atoms with Crippen molar-refractivity contribution in [3.05, 3.63) is 12.7 Å². The Morgan fingerprint density at radius 3 is 2.29 bits per heavy atom. The summed E-state index contributed by atoms with van der Waals surface area (Å²) in [6.07, 6.45) is 0.940. The van der Waals surface area contributed by atoms with Gasteiger partial charge in [0.15, 0.2) is 6.61 Å². The summed E-state index contributed by atoms with van der Waals surface area (Å²) in [5.74, 6) is -1.95. The summed E-state index contributed by atoms with van der Waals surface area (Å²) in [5, 5.41) is 0. The molecule has 17 heavy (non-hydrogen) atoms. The molecule has 0 aromatic carbocycles. The third-order valence-corrected chi connectivity index (χ3v) is 4.49. The number of hydrogen-bond donors (Lipinski definition) is 0. The predicted molar refractivity (Wildman–Crippen MR) is 61.1 cm³/mol. The zero-order chi connectivity index (χ0) is 13.5. The largest absolute Gasteiger partial charge is 0.485 e. The summed E-state index contributed by atoms with van der Waals surface area (Å²) < 4.78 is 14.5. The lowest BCUT2D eigenvalue weighted by Crippen LogP contribution is -2.42. The van der Waals surface area contributed by atoms with E-state index in [9.17, 15) is 14.4 Å². The van der Waals surface area contributed by atoms with Crippen molar-refractivity contribution in [2.45, 2.75) is 26.4 Å². The Kier molecular flexibility index (Phi) is 6.19. The Morgan fingerprint density at radius 2 is 1.88 bits per heavy atom. The summed E-state index contributed by atoms with van der Waals surface area (Å²) in [6.45, 7) is 7.24. The average molecular weight is 260 g/mol. The molecule has 0 saturated carbocycles. The molecule has 0 N–H and O–H groups in total. The molecule has 0 bridgehead atoms. The van der Waals surface area contributed by atoms with Gasteiger partial charge in [0.05, 0.1) is 0 Å². The van der Waals surface area contributed by atoms with Crippen molar-refractivity contribution >= 4 is 26.5 Å². The second kappa shape index (κ2) is 6.84. The van der Waals surface area contributed by atoms with Crippen LogP contribution in [0.3, 0.4) is 0 Å². The van der Waals surface area contributed by atoms with Crippen LogP contribution in [0.1, 0.15) is 13.8 Å². The molecule has 0 aromatic heterocycles. The van der Waals surface area contributed by atoms with Crippen LogP contribution < -0.4 is 0 Å². The maximum atomic E-state index is 11.3. The molecule has 7 heteroatoms. The van der Waals surface area contributed by atoms with Gasteiger partial charge >= 0.3 is 20.5 Å². The van der Waals surface area contributed by atoms with Gasteiger partial charge in [-0.15, -0.1) is 0 Å². The van der Waals surface area contributed by atoms with E-state index < -0.39 is 33.1 Å². The van der Waals surface area contributed by atoms with Gasteiger partial charge in [0.2, 0.25) is 0 Å². The van der Waals surface area contributed by atoms with Gasteiger partial charge < -0.3 is 13.6 Å². The Balaban J connectivity index is 4.27. The molecule has 96 valence electrons. The van der Waals surface area contributed by atoms with E-state index >= 15 is 0 Å². The average Bonchev–Trinajstić information content (AvgIpc) is 2.24. The molecule has 0 rings (SSSR count). The predicted octanol–water partition coefficient (Wildman–Crippen LogP) is 0.914. The van der Waals surface area contributed by atoms with Crippen molar-refractivity contribution in [2.24, 2.45) is 0 Å². The van der Waals surface area contributed by atoms with Crippen LogP contribution in [0.15, 0.2) is 12.7 Å². The summed E-state index contributed by atoms with van der Waals surface area (Å²) in [6, 6.07) is 0.424. The number of ether oxygens (including phenoxy) is 1. The molecule has 0 aliphatic rings. The maximum absolute atomic E-state index is 11.3. The fourth-order valence-electron chi connectivity index (χ4n) is 0.928. The normalized spacial score (nSPS) is 13.1. The third-order valence-electron chi connectivity index (χ3n) is 1.83. The Bertz CT molecular complexity index is 327. The quantitative estimate of drug-likeness (QED) is 0.401. The first-order valence-corrected chi connectivity index (χ1v) is 7.56. The van der Waals surface area contributed by atoms with Crippen molar-refractivity contribution in [2.75, 3.05) is 6.61 Å². The number of rotatable bonds is 6. The molecule has 0 aromatic rings. The fourth-order valence-corrected chi connectivity index (χ4v) is 2.41. The summed E-state index contributed by atoms with van der Waals surface area (Å²) in [5.41, 5.74) is 0. The topological polar surface area (TPSA) is 78.9 Å². The van der Waals surface area contributed by atoms with Gasteiger partial charge in [-0.05, 0) is 0 Å². The smallest absolute Gasteiger partial charge is 0.460 e. The van der Waals surface area contributed by atoms with E-state index in [-0.39, 0.29) is 0 Å². The highest BCUT2D eigenvalue weighted by molar-refractivity contribution is 6.69. The van der Waals surface area contributed by atoms with Crippen LogP contribution in [-0.4, -0.2) is 33.1 Å². The molecule has 0 spiro atoms. The van der Waals surface area contributed by atoms with E-state index in [1.807, 2.05) is 0 Å². The Morgan fingerprint density at radius 1 is 1.29 bits per heavy atom. The van der Waals surface area contributed by atoms with E-state index in [4.69, 9.17) is 8.85 Å². The highest BCUT2D eigenvalue weighted by atomic mass is 28.4. The van der Waals surface area contributed by atoms with Gasteiger partial charge in [-0.25, -0.2) is 9.59 Å². The second-order valence-electron chi connectivity index (χ2n) is 3.37. The highest BCUT2D eigenvalue weighted by Gasteiger charge is 2.36. The first-order chi connectivity index (χ1) is 7.83. The van der Waals surface area contributed by atoms with Gasteiger partial charge in [0.25, 0.3) is 5.97 Å². The van der Waals surface area contributed by atoms with Gasteiger partial charge in [-0.3, -0.25) is 4.79 Å². The van der Waals surface area contributed by atoms with E-state index in [1.54, 1.807) is 13.5 Å². The molecule has 1 unspecified atom stereocenters. The molecular formula is C10H16O6Si. The van der Waals surface area contributed by atoms with E-state index in [0.717, 1.165) is 6.08 Å². The highest BCUT2D eigenvalue weighted by Crippen LogP contribution is 2.13. The summed E-state index contributed by atoms with van der Waals surface area (Å²) in [7, 11) is -2.85. The number of hydrogen-bond acceptors (Lipinski definition) is 6. The maximum Gasteiger partial charge on any atom is 0.460 e. The standard InChI is InChI=1S/C10H16O6Si/c1-5-9(12)14-7-10(13)16-17(4,6-2)15-8(3)11/h5H,1,6-7H2,2-4H3. The lowest BCUT2D eigenvalue weighted by molar-refractivity contribution is -0.152. The molecule has 0 saturated heterocycles. The first kappa shape index (κ1) is 15.4. The molecule has 0 fully saturated rings. The first-order valence-electron chi connectivity index (χ1n) is 5.03. The minimum absolute atomic E-state index is 0.424. The van der Waals surface area contributed by atoms with Crippen molar-refractivity contribution in [3.63, 3.8) is 0 Å². The summed E-state index contributed by atoms with van der Waals surface area (Å²) >= 11 is 0. The van der Waals surface area contributed by atoms with Crippen molar-refractivity contribution < 1.29 is 28.0 Å². The third kappa shape index (κ3) is 6.51. The zero-order valence-electron chi connectivity index (χ0n) is 10.1. The minimum Gasteiger partial charge on any atom is -0.485 e. The van der Waals surface area contributed by atoms with Crippen LogP contribution >= 0.6 is 0 Å². The lowest BCUT2D eigenvalue weighted by atomic mass is 10.6. The SMILES string of the molecule is C=CC(=O)OCC(=O)O[Si](C)(CC)OC(C)=O. The molecule has 0 heterocycles. The fraction of sp³-hybridized carbons (Fsp3) is 0.500. The van der Waals surface area contributed by atoms with Crippen LogP contribution in [0.4, 0.5) is 0 Å². The van der Waals surface area contributed by atoms with Crippen LogP contribution in [-0.2, 0) is 28.0 Å². The molecule has 0 aliphatic carbocycles. The monoisotopic (exact) mass is 260 g/mol. The molecule has 6 nitrogen and oxygen atoms in total. The summed E-state index contributed by atoms with van der Waals surface area (Å²) in [4.78, 5) is 32.9. The van der Waals surface area contributed by atoms with E-state index in [2.05, 4.69) is 11.3 Å². The van der Waals surface area contributed by atoms with Crippen molar-refractivity contribution in [1.82, 2.24) is 0 Å². The number of carbonyl (C=O) groups excluding carboxylic acids is 3. The number of carbonyl (C=O) groups is 3. The van der Waals surface area contributed by atoms with Gasteiger partial charge in [0.1, 0.15) is 0 Å².